The van der Waals surface area contributed by atoms with Crippen molar-refractivity contribution in [1.29, 1.82) is 0 Å². The van der Waals surface area contributed by atoms with Gasteiger partial charge in [-0.25, -0.2) is 0 Å². The minimum atomic E-state index is 0.382. The van der Waals surface area contributed by atoms with Gasteiger partial charge in [-0.2, -0.15) is 0 Å². The Balaban J connectivity index is 2.08. The molecular weight excluding hydrogens is 126 g/mol. The molecule has 0 radical (unpaired) electrons. The van der Waals surface area contributed by atoms with Crippen molar-refractivity contribution in [2.45, 2.75) is 19.3 Å². The Bertz CT molecular complexity index is 113. The maximum absolute atomic E-state index is 9.14. The largest absolute Gasteiger partial charge is 0.347 e. The molecule has 0 atom stereocenters. The molecule has 3 fully saturated rings. The van der Waals surface area contributed by atoms with Crippen molar-refractivity contribution >= 4 is 0 Å². The van der Waals surface area contributed by atoms with Crippen molar-refractivity contribution in [3.8, 4) is 0 Å². The van der Waals surface area contributed by atoms with E-state index in [0.29, 0.717) is 6.73 Å². The molecular formula is C8H16NO+. The lowest BCUT2D eigenvalue weighted by atomic mass is 9.86. The number of hydrogen-bond donors (Lipinski definition) is 1. The van der Waals surface area contributed by atoms with Gasteiger partial charge in [0.2, 0.25) is 0 Å². The number of hydrogen-bond acceptors (Lipinski definition) is 1. The second-order valence-electron chi connectivity index (χ2n) is 3.89. The number of nitrogens with zero attached hydrogens (tertiary/aromatic N) is 1. The number of piperidine rings is 3. The van der Waals surface area contributed by atoms with Gasteiger partial charge in [-0.05, 0) is 25.2 Å². The predicted octanol–water partition coefficient (Wildman–Crippen LogP) is 0.567. The number of quaternary nitrogens is 1. The van der Waals surface area contributed by atoms with E-state index in [2.05, 4.69) is 0 Å². The molecule has 0 amide bonds. The summed E-state index contributed by atoms with van der Waals surface area (Å²) >= 11 is 0. The van der Waals surface area contributed by atoms with Crippen LogP contribution in [-0.2, 0) is 0 Å². The van der Waals surface area contributed by atoms with Crippen LogP contribution in [0, 0.1) is 5.92 Å². The van der Waals surface area contributed by atoms with Crippen molar-refractivity contribution < 1.29 is 9.59 Å². The number of rotatable bonds is 1. The normalized spacial score (nSPS) is 45.9. The first kappa shape index (κ1) is 6.62. The third-order valence-electron chi connectivity index (χ3n) is 3.34. The SMILES string of the molecule is OC[N+]12CCC(CC1)CC2. The molecule has 1 N–H and O–H groups in total. The van der Waals surface area contributed by atoms with Gasteiger partial charge in [-0.15, -0.1) is 0 Å². The first-order valence-electron chi connectivity index (χ1n) is 4.31. The Kier molecular flexibility index (Phi) is 1.46. The van der Waals surface area contributed by atoms with Gasteiger partial charge in [0.15, 0.2) is 6.73 Å². The summed E-state index contributed by atoms with van der Waals surface area (Å²) in [5.41, 5.74) is 0. The fraction of sp³-hybridized carbons (Fsp3) is 1.00. The average Bonchev–Trinajstić information content (AvgIpc) is 2.08. The molecule has 0 aromatic rings. The maximum atomic E-state index is 9.14. The molecule has 0 aromatic heterocycles. The maximum Gasteiger partial charge on any atom is 0.180 e. The molecule has 10 heavy (non-hydrogen) atoms. The van der Waals surface area contributed by atoms with Gasteiger partial charge in [0.05, 0.1) is 19.6 Å². The highest BCUT2D eigenvalue weighted by atomic mass is 16.3. The molecule has 0 spiro atoms. The van der Waals surface area contributed by atoms with Crippen LogP contribution in [0.5, 0.6) is 0 Å². The van der Waals surface area contributed by atoms with E-state index in [0.717, 1.165) is 10.4 Å². The molecule has 3 saturated heterocycles. The Hall–Kier alpha value is -0.0800. The zero-order valence-electron chi connectivity index (χ0n) is 6.42. The smallest absolute Gasteiger partial charge is 0.180 e. The highest BCUT2D eigenvalue weighted by molar-refractivity contribution is 4.70. The van der Waals surface area contributed by atoms with Gasteiger partial charge in [0.1, 0.15) is 0 Å². The topological polar surface area (TPSA) is 20.2 Å². The van der Waals surface area contributed by atoms with Gasteiger partial charge >= 0.3 is 0 Å². The van der Waals surface area contributed by atoms with E-state index < -0.39 is 0 Å². The van der Waals surface area contributed by atoms with Gasteiger partial charge in [0.25, 0.3) is 0 Å². The molecule has 2 heteroatoms. The minimum absolute atomic E-state index is 0.382. The van der Waals surface area contributed by atoms with Crippen LogP contribution in [0.4, 0.5) is 0 Å². The third-order valence-corrected chi connectivity index (χ3v) is 3.34. The second-order valence-corrected chi connectivity index (χ2v) is 3.89. The number of fused-ring (bicyclic) bond motifs is 3. The lowest BCUT2D eigenvalue weighted by Crippen LogP contribution is -2.58. The Labute approximate surface area is 62.0 Å². The van der Waals surface area contributed by atoms with Crippen LogP contribution in [-0.4, -0.2) is 36.0 Å². The van der Waals surface area contributed by atoms with Crippen LogP contribution in [0.25, 0.3) is 0 Å². The van der Waals surface area contributed by atoms with Crippen LogP contribution in [0.15, 0.2) is 0 Å². The standard InChI is InChI=1S/C8H16NO/c10-7-9-4-1-8(2-5-9)3-6-9/h8,10H,1-7H2/q+1. The highest BCUT2D eigenvalue weighted by Gasteiger charge is 2.38. The van der Waals surface area contributed by atoms with E-state index in [1.54, 1.807) is 0 Å². The van der Waals surface area contributed by atoms with Gasteiger partial charge in [0, 0.05) is 0 Å². The third kappa shape index (κ3) is 0.867. The molecule has 3 aliphatic heterocycles. The van der Waals surface area contributed by atoms with Crippen LogP contribution in [0.1, 0.15) is 19.3 Å². The summed E-state index contributed by atoms with van der Waals surface area (Å²) in [6.45, 7) is 4.09. The molecule has 58 valence electrons. The zero-order chi connectivity index (χ0) is 7.03. The van der Waals surface area contributed by atoms with E-state index in [1.165, 1.54) is 38.9 Å². The summed E-state index contributed by atoms with van der Waals surface area (Å²) in [7, 11) is 0. The summed E-state index contributed by atoms with van der Waals surface area (Å²) in [6.07, 6.45) is 4.09. The van der Waals surface area contributed by atoms with Crippen molar-refractivity contribution in [3.63, 3.8) is 0 Å². The zero-order valence-corrected chi connectivity index (χ0v) is 6.42. The highest BCUT2D eigenvalue weighted by Crippen LogP contribution is 2.32. The Morgan fingerprint density at radius 3 is 1.90 bits per heavy atom. The fourth-order valence-corrected chi connectivity index (χ4v) is 2.35. The summed E-state index contributed by atoms with van der Waals surface area (Å²) in [4.78, 5) is 0. The summed E-state index contributed by atoms with van der Waals surface area (Å²) in [5, 5.41) is 9.14. The number of aliphatic hydroxyl groups is 1. The van der Waals surface area contributed by atoms with Crippen molar-refractivity contribution in [2.75, 3.05) is 26.4 Å². The lowest BCUT2D eigenvalue weighted by molar-refractivity contribution is -0.958. The van der Waals surface area contributed by atoms with Gasteiger partial charge in [-0.3, -0.25) is 0 Å². The summed E-state index contributed by atoms with van der Waals surface area (Å²) in [6, 6.07) is 0. The van der Waals surface area contributed by atoms with Crippen molar-refractivity contribution in [2.24, 2.45) is 5.92 Å². The van der Waals surface area contributed by atoms with Gasteiger partial charge in [-0.1, -0.05) is 0 Å². The fourth-order valence-electron chi connectivity index (χ4n) is 2.35. The minimum Gasteiger partial charge on any atom is -0.347 e. The van der Waals surface area contributed by atoms with E-state index in [4.69, 9.17) is 5.11 Å². The Morgan fingerprint density at radius 2 is 1.60 bits per heavy atom. The van der Waals surface area contributed by atoms with E-state index in [1.807, 2.05) is 0 Å². The van der Waals surface area contributed by atoms with Crippen LogP contribution in [0.3, 0.4) is 0 Å². The monoisotopic (exact) mass is 142 g/mol. The molecule has 0 unspecified atom stereocenters. The summed E-state index contributed by atoms with van der Waals surface area (Å²) in [5.74, 6) is 1.01. The number of aliphatic hydroxyl groups excluding tert-OH is 1. The molecule has 3 heterocycles. The molecule has 0 aliphatic carbocycles. The first-order valence-corrected chi connectivity index (χ1v) is 4.31. The van der Waals surface area contributed by atoms with Crippen LogP contribution < -0.4 is 0 Å². The van der Waals surface area contributed by atoms with Gasteiger partial charge < -0.3 is 9.59 Å². The molecule has 3 rings (SSSR count). The van der Waals surface area contributed by atoms with Crippen molar-refractivity contribution in [1.82, 2.24) is 0 Å². The lowest BCUT2D eigenvalue weighted by Gasteiger charge is -2.47. The Morgan fingerprint density at radius 1 is 1.10 bits per heavy atom. The molecule has 2 nitrogen and oxygen atoms in total. The predicted molar refractivity (Wildman–Crippen MR) is 39.3 cm³/mol. The molecule has 2 bridgehead atoms. The van der Waals surface area contributed by atoms with E-state index >= 15 is 0 Å². The van der Waals surface area contributed by atoms with E-state index in [9.17, 15) is 0 Å². The van der Waals surface area contributed by atoms with Crippen LogP contribution >= 0.6 is 0 Å². The summed E-state index contributed by atoms with van der Waals surface area (Å²) < 4.78 is 1.01. The van der Waals surface area contributed by atoms with E-state index in [-0.39, 0.29) is 0 Å². The quantitative estimate of drug-likeness (QED) is 0.531. The first-order chi connectivity index (χ1) is 4.85. The average molecular weight is 142 g/mol. The second kappa shape index (κ2) is 2.21. The van der Waals surface area contributed by atoms with Crippen molar-refractivity contribution in [3.05, 3.63) is 0 Å². The molecule has 0 aromatic carbocycles. The van der Waals surface area contributed by atoms with Crippen LogP contribution in [0.2, 0.25) is 0 Å². The molecule has 0 saturated carbocycles. The molecule has 3 aliphatic rings.